The van der Waals surface area contributed by atoms with E-state index in [1.165, 1.54) is 5.56 Å². The predicted octanol–water partition coefficient (Wildman–Crippen LogP) is 2.20. The number of aromatic nitrogens is 3. The van der Waals surface area contributed by atoms with Crippen LogP contribution in [0.4, 0.5) is 0 Å². The second kappa shape index (κ2) is 4.57. The Hall–Kier alpha value is -1.84. The SMILES string of the molecule is CCC(CC)(c1ccccc1)c1n[nH]c(=O)[nH]1. The standard InChI is InChI=1S/C13H17N3O/c1-3-13(4-2,10-8-6-5-7-9-10)11-14-12(17)16-15-11/h5-9H,3-4H2,1-2H3,(H2,14,15,16,17). The molecule has 0 aliphatic heterocycles. The first-order valence-electron chi connectivity index (χ1n) is 5.93. The lowest BCUT2D eigenvalue weighted by molar-refractivity contribution is 0.450. The summed E-state index contributed by atoms with van der Waals surface area (Å²) in [4.78, 5) is 14.0. The minimum absolute atomic E-state index is 0.208. The molecule has 1 aromatic heterocycles. The van der Waals surface area contributed by atoms with Crippen LogP contribution in [0.5, 0.6) is 0 Å². The lowest BCUT2D eigenvalue weighted by Crippen LogP contribution is -2.28. The highest BCUT2D eigenvalue weighted by atomic mass is 16.1. The molecule has 0 aliphatic rings. The Morgan fingerprint density at radius 2 is 1.82 bits per heavy atom. The molecule has 2 N–H and O–H groups in total. The topological polar surface area (TPSA) is 61.5 Å². The fraction of sp³-hybridized carbons (Fsp3) is 0.385. The zero-order valence-electron chi connectivity index (χ0n) is 10.2. The first-order valence-corrected chi connectivity index (χ1v) is 5.93. The van der Waals surface area contributed by atoms with Crippen LogP contribution in [0.2, 0.25) is 0 Å². The van der Waals surface area contributed by atoms with Crippen LogP contribution in [0.15, 0.2) is 35.1 Å². The molecule has 2 aromatic rings. The lowest BCUT2D eigenvalue weighted by atomic mass is 9.75. The minimum Gasteiger partial charge on any atom is -0.292 e. The first kappa shape index (κ1) is 11.6. The van der Waals surface area contributed by atoms with Crippen molar-refractivity contribution in [2.24, 2.45) is 0 Å². The Kier molecular flexibility index (Phi) is 3.13. The Balaban J connectivity index is 2.57. The summed E-state index contributed by atoms with van der Waals surface area (Å²) < 4.78 is 0. The highest BCUT2D eigenvalue weighted by molar-refractivity contribution is 5.32. The van der Waals surface area contributed by atoms with E-state index in [0.29, 0.717) is 0 Å². The quantitative estimate of drug-likeness (QED) is 0.847. The Labute approximate surface area is 100 Å². The molecule has 0 saturated heterocycles. The molecule has 0 aliphatic carbocycles. The highest BCUT2D eigenvalue weighted by Crippen LogP contribution is 2.35. The maximum atomic E-state index is 11.2. The van der Waals surface area contributed by atoms with Gasteiger partial charge in [-0.3, -0.25) is 4.98 Å². The Morgan fingerprint density at radius 1 is 1.18 bits per heavy atom. The van der Waals surface area contributed by atoms with Gasteiger partial charge in [0.2, 0.25) is 0 Å². The summed E-state index contributed by atoms with van der Waals surface area (Å²) in [6.07, 6.45) is 1.79. The van der Waals surface area contributed by atoms with Gasteiger partial charge in [0, 0.05) is 0 Å². The zero-order valence-corrected chi connectivity index (χ0v) is 10.2. The zero-order chi connectivity index (χ0) is 12.3. The van der Waals surface area contributed by atoms with E-state index in [2.05, 4.69) is 41.2 Å². The van der Waals surface area contributed by atoms with E-state index >= 15 is 0 Å². The second-order valence-electron chi connectivity index (χ2n) is 4.18. The highest BCUT2D eigenvalue weighted by Gasteiger charge is 2.33. The number of H-pyrrole nitrogens is 2. The third-order valence-corrected chi connectivity index (χ3v) is 3.49. The normalized spacial score (nSPS) is 11.6. The molecule has 0 spiro atoms. The van der Waals surface area contributed by atoms with Gasteiger partial charge in [0.05, 0.1) is 5.41 Å². The molecule has 1 aromatic carbocycles. The Bertz CT molecular complexity index is 523. The molecule has 4 heteroatoms. The van der Waals surface area contributed by atoms with E-state index in [1.54, 1.807) is 0 Å². The fourth-order valence-corrected chi connectivity index (χ4v) is 2.38. The van der Waals surface area contributed by atoms with Gasteiger partial charge >= 0.3 is 5.69 Å². The summed E-state index contributed by atoms with van der Waals surface area (Å²) >= 11 is 0. The number of hydrogen-bond donors (Lipinski definition) is 2. The van der Waals surface area contributed by atoms with Crippen molar-refractivity contribution in [2.75, 3.05) is 0 Å². The van der Waals surface area contributed by atoms with Gasteiger partial charge in [0.15, 0.2) is 0 Å². The summed E-state index contributed by atoms with van der Waals surface area (Å²) in [6.45, 7) is 4.23. The van der Waals surface area contributed by atoms with E-state index in [9.17, 15) is 4.79 Å². The van der Waals surface area contributed by atoms with Gasteiger partial charge in [-0.25, -0.2) is 9.89 Å². The maximum Gasteiger partial charge on any atom is 0.340 e. The van der Waals surface area contributed by atoms with Crippen molar-refractivity contribution in [2.45, 2.75) is 32.1 Å². The Morgan fingerprint density at radius 3 is 2.29 bits per heavy atom. The fourth-order valence-electron chi connectivity index (χ4n) is 2.38. The first-order chi connectivity index (χ1) is 8.23. The molecule has 90 valence electrons. The summed E-state index contributed by atoms with van der Waals surface area (Å²) in [6, 6.07) is 10.2. The van der Waals surface area contributed by atoms with Crippen LogP contribution in [0.1, 0.15) is 38.1 Å². The van der Waals surface area contributed by atoms with Crippen molar-refractivity contribution < 1.29 is 0 Å². The summed E-state index contributed by atoms with van der Waals surface area (Å²) in [7, 11) is 0. The molecule has 0 amide bonds. The van der Waals surface area contributed by atoms with Crippen LogP contribution in [-0.4, -0.2) is 15.2 Å². The third-order valence-electron chi connectivity index (χ3n) is 3.49. The van der Waals surface area contributed by atoms with Crippen molar-refractivity contribution in [3.8, 4) is 0 Å². The smallest absolute Gasteiger partial charge is 0.292 e. The summed E-state index contributed by atoms with van der Waals surface area (Å²) in [5.41, 5.74) is 0.732. The van der Waals surface area contributed by atoms with Crippen LogP contribution in [-0.2, 0) is 5.41 Å². The van der Waals surface area contributed by atoms with Gasteiger partial charge in [-0.05, 0) is 18.4 Å². The van der Waals surface area contributed by atoms with Crippen LogP contribution >= 0.6 is 0 Å². The van der Waals surface area contributed by atoms with Gasteiger partial charge in [-0.15, -0.1) is 0 Å². The van der Waals surface area contributed by atoms with Crippen LogP contribution < -0.4 is 5.69 Å². The molecule has 0 unspecified atom stereocenters. The summed E-state index contributed by atoms with van der Waals surface area (Å²) in [5, 5.41) is 6.56. The van der Waals surface area contributed by atoms with E-state index in [4.69, 9.17) is 0 Å². The van der Waals surface area contributed by atoms with Crippen molar-refractivity contribution >= 4 is 0 Å². The molecule has 0 atom stereocenters. The molecule has 0 radical (unpaired) electrons. The molecule has 2 rings (SSSR count). The van der Waals surface area contributed by atoms with Crippen molar-refractivity contribution in [1.29, 1.82) is 0 Å². The van der Waals surface area contributed by atoms with Crippen LogP contribution in [0, 0.1) is 0 Å². The monoisotopic (exact) mass is 231 g/mol. The number of hydrogen-bond acceptors (Lipinski definition) is 2. The van der Waals surface area contributed by atoms with Gasteiger partial charge in [-0.1, -0.05) is 44.2 Å². The number of nitrogens with zero attached hydrogens (tertiary/aromatic N) is 1. The minimum atomic E-state index is -0.248. The van der Waals surface area contributed by atoms with E-state index in [1.807, 2.05) is 18.2 Å². The van der Waals surface area contributed by atoms with Gasteiger partial charge < -0.3 is 0 Å². The molecule has 1 heterocycles. The van der Waals surface area contributed by atoms with E-state index in [-0.39, 0.29) is 11.1 Å². The number of benzene rings is 1. The molecule has 0 fully saturated rings. The predicted molar refractivity (Wildman–Crippen MR) is 67.0 cm³/mol. The molecule has 0 bridgehead atoms. The molecule has 17 heavy (non-hydrogen) atoms. The number of rotatable bonds is 4. The molecular formula is C13H17N3O. The largest absolute Gasteiger partial charge is 0.340 e. The van der Waals surface area contributed by atoms with Gasteiger partial charge in [0.1, 0.15) is 5.82 Å². The van der Waals surface area contributed by atoms with E-state index < -0.39 is 0 Å². The van der Waals surface area contributed by atoms with Crippen molar-refractivity contribution in [3.05, 3.63) is 52.2 Å². The summed E-state index contributed by atoms with van der Waals surface area (Å²) in [5.74, 6) is 0.721. The van der Waals surface area contributed by atoms with Crippen molar-refractivity contribution in [3.63, 3.8) is 0 Å². The third kappa shape index (κ3) is 1.90. The molecular weight excluding hydrogens is 214 g/mol. The van der Waals surface area contributed by atoms with Crippen LogP contribution in [0.3, 0.4) is 0 Å². The van der Waals surface area contributed by atoms with Gasteiger partial charge in [0.25, 0.3) is 0 Å². The van der Waals surface area contributed by atoms with E-state index in [0.717, 1.165) is 18.7 Å². The number of nitrogens with one attached hydrogen (secondary N) is 2. The second-order valence-corrected chi connectivity index (χ2v) is 4.18. The molecule has 0 saturated carbocycles. The average Bonchev–Trinajstić information content (AvgIpc) is 2.80. The lowest BCUT2D eigenvalue weighted by Gasteiger charge is -2.29. The number of aromatic amines is 2. The van der Waals surface area contributed by atoms with Crippen molar-refractivity contribution in [1.82, 2.24) is 15.2 Å². The maximum absolute atomic E-state index is 11.2. The van der Waals surface area contributed by atoms with Gasteiger partial charge in [-0.2, -0.15) is 5.10 Å². The molecule has 4 nitrogen and oxygen atoms in total. The average molecular weight is 231 g/mol. The van der Waals surface area contributed by atoms with Crippen LogP contribution in [0.25, 0.3) is 0 Å².